The van der Waals surface area contributed by atoms with E-state index in [9.17, 15) is 8.42 Å². The van der Waals surface area contributed by atoms with Gasteiger partial charge in [0.05, 0.1) is 45.5 Å². The van der Waals surface area contributed by atoms with Crippen molar-refractivity contribution in [2.75, 3.05) is 45.5 Å². The number of rotatable bonds is 16. The van der Waals surface area contributed by atoms with E-state index in [0.29, 0.717) is 18.8 Å². The Morgan fingerprint density at radius 3 is 1.71 bits per heavy atom. The van der Waals surface area contributed by atoms with Gasteiger partial charge >= 0.3 is 0 Å². The molecule has 0 unspecified atom stereocenters. The molecule has 0 aromatic carbocycles. The van der Waals surface area contributed by atoms with Crippen LogP contribution in [0.1, 0.15) is 84.0 Å². The predicted octanol–water partition coefficient (Wildman–Crippen LogP) is 1.97. The molecule has 168 valence electrons. The molecule has 0 saturated carbocycles. The maximum atomic E-state index is 12.5. The highest BCUT2D eigenvalue weighted by molar-refractivity contribution is 7.89. The van der Waals surface area contributed by atoms with Crippen LogP contribution in [0, 0.1) is 0 Å². The summed E-state index contributed by atoms with van der Waals surface area (Å²) in [5, 5.41) is 0. The van der Waals surface area contributed by atoms with Crippen LogP contribution in [0.15, 0.2) is 12.7 Å². The molecule has 0 bridgehead atoms. The molecule has 0 aromatic rings. The molecule has 6 heteroatoms. The van der Waals surface area contributed by atoms with Gasteiger partial charge in [0.2, 0.25) is 10.0 Å². The topological polar surface area (TPSA) is 37.4 Å². The third-order valence-electron chi connectivity index (χ3n) is 6.00. The van der Waals surface area contributed by atoms with Crippen molar-refractivity contribution in [1.82, 2.24) is 4.31 Å². The molecule has 4 nitrogen and oxygen atoms in total. The van der Waals surface area contributed by atoms with Crippen molar-refractivity contribution in [3.05, 3.63) is 12.7 Å². The van der Waals surface area contributed by atoms with Gasteiger partial charge in [0.15, 0.2) is 0 Å². The minimum atomic E-state index is -3.06. The Morgan fingerprint density at radius 1 is 0.857 bits per heavy atom. The first kappa shape index (κ1) is 28.1. The second-order valence-corrected chi connectivity index (χ2v) is 10.7. The Labute approximate surface area is 186 Å². The maximum absolute atomic E-state index is 12.5. The first-order valence-electron chi connectivity index (χ1n) is 11.4. The summed E-state index contributed by atoms with van der Waals surface area (Å²) < 4.78 is 27.7. The molecular formula is C22H45BrN2O2S. The van der Waals surface area contributed by atoms with E-state index in [0.717, 1.165) is 37.0 Å². The monoisotopic (exact) mass is 480 g/mol. The summed E-state index contributed by atoms with van der Waals surface area (Å²) in [7, 11) is -0.872. The van der Waals surface area contributed by atoms with E-state index in [1.807, 2.05) is 6.08 Å². The lowest BCUT2D eigenvalue weighted by molar-refractivity contribution is -0.907. The Morgan fingerprint density at radius 2 is 1.29 bits per heavy atom. The number of likely N-dealkylation sites (N-methyl/N-ethyl adjacent to an activating group) is 1. The zero-order valence-corrected chi connectivity index (χ0v) is 20.9. The minimum Gasteiger partial charge on any atom is -1.00 e. The molecule has 1 rings (SSSR count). The predicted molar refractivity (Wildman–Crippen MR) is 117 cm³/mol. The van der Waals surface area contributed by atoms with Gasteiger partial charge in [-0.25, -0.2) is 8.42 Å². The van der Waals surface area contributed by atoms with E-state index in [4.69, 9.17) is 0 Å². The number of hydrogen-bond acceptors (Lipinski definition) is 2. The number of piperazine rings is 1. The lowest BCUT2D eigenvalue weighted by Gasteiger charge is -2.40. The molecule has 0 aliphatic carbocycles. The lowest BCUT2D eigenvalue weighted by Crippen LogP contribution is -3.00. The second-order valence-electron chi connectivity index (χ2n) is 8.64. The van der Waals surface area contributed by atoms with Gasteiger partial charge in [-0.05, 0) is 12.5 Å². The van der Waals surface area contributed by atoms with Gasteiger partial charge in [-0.1, -0.05) is 84.1 Å². The molecule has 0 atom stereocenters. The smallest absolute Gasteiger partial charge is 0.214 e. The van der Waals surface area contributed by atoms with Crippen LogP contribution in [-0.4, -0.2) is 62.7 Å². The van der Waals surface area contributed by atoms with Gasteiger partial charge in [-0.15, -0.1) is 0 Å². The quantitative estimate of drug-likeness (QED) is 0.192. The molecule has 1 fully saturated rings. The molecule has 28 heavy (non-hydrogen) atoms. The number of unbranched alkanes of at least 4 members (excludes halogenated alkanes) is 11. The molecule has 1 aliphatic heterocycles. The molecule has 1 heterocycles. The largest absolute Gasteiger partial charge is 1.00 e. The van der Waals surface area contributed by atoms with E-state index >= 15 is 0 Å². The van der Waals surface area contributed by atoms with Crippen molar-refractivity contribution < 1.29 is 29.9 Å². The summed E-state index contributed by atoms with van der Waals surface area (Å²) in [5.41, 5.74) is 0. The molecule has 1 saturated heterocycles. The van der Waals surface area contributed by atoms with E-state index < -0.39 is 10.0 Å². The van der Waals surface area contributed by atoms with Crippen molar-refractivity contribution in [3.8, 4) is 0 Å². The molecule has 1 aliphatic rings. The Kier molecular flexibility index (Phi) is 15.9. The van der Waals surface area contributed by atoms with Crippen molar-refractivity contribution in [1.29, 1.82) is 0 Å². The lowest BCUT2D eigenvalue weighted by atomic mass is 10.1. The van der Waals surface area contributed by atoms with Crippen LogP contribution in [0.25, 0.3) is 0 Å². The normalized spacial score (nSPS) is 17.2. The highest BCUT2D eigenvalue weighted by atomic mass is 79.9. The summed E-state index contributed by atoms with van der Waals surface area (Å²) in [6.07, 6.45) is 17.2. The first-order chi connectivity index (χ1) is 12.9. The van der Waals surface area contributed by atoms with Crippen LogP contribution in [0.3, 0.4) is 0 Å². The Hall–Kier alpha value is 0.0900. The van der Waals surface area contributed by atoms with E-state index in [1.54, 1.807) is 4.31 Å². The number of sulfonamides is 1. The molecule has 0 radical (unpaired) electrons. The van der Waals surface area contributed by atoms with Gasteiger partial charge in [0.25, 0.3) is 0 Å². The molecular weight excluding hydrogens is 436 g/mol. The zero-order chi connectivity index (χ0) is 20.0. The van der Waals surface area contributed by atoms with Gasteiger partial charge in [-0.3, -0.25) is 0 Å². The number of halogens is 1. The second kappa shape index (κ2) is 15.9. The van der Waals surface area contributed by atoms with Gasteiger partial charge in [-0.2, -0.15) is 4.31 Å². The van der Waals surface area contributed by atoms with Gasteiger partial charge in [0, 0.05) is 0 Å². The van der Waals surface area contributed by atoms with E-state index in [-0.39, 0.29) is 17.0 Å². The van der Waals surface area contributed by atoms with Crippen LogP contribution < -0.4 is 17.0 Å². The average Bonchev–Trinajstić information content (AvgIpc) is 2.63. The van der Waals surface area contributed by atoms with Crippen molar-refractivity contribution in [2.24, 2.45) is 0 Å². The van der Waals surface area contributed by atoms with Crippen LogP contribution in [0.2, 0.25) is 0 Å². The first-order valence-corrected chi connectivity index (χ1v) is 13.0. The van der Waals surface area contributed by atoms with E-state index in [2.05, 4.69) is 20.6 Å². The molecule has 0 spiro atoms. The number of hydrogen-bond donors (Lipinski definition) is 0. The van der Waals surface area contributed by atoms with Crippen molar-refractivity contribution >= 4 is 10.0 Å². The SMILES string of the molecule is C=CC[N+]1(C)CCN(S(=O)(=O)CCCCCCCCCCCCCC)CC1.[Br-]. The summed E-state index contributed by atoms with van der Waals surface area (Å²) >= 11 is 0. The van der Waals surface area contributed by atoms with Crippen LogP contribution >= 0.6 is 0 Å². The summed E-state index contributed by atoms with van der Waals surface area (Å²) in [4.78, 5) is 0. The summed E-state index contributed by atoms with van der Waals surface area (Å²) in [5.74, 6) is 0.329. The highest BCUT2D eigenvalue weighted by Gasteiger charge is 2.33. The zero-order valence-electron chi connectivity index (χ0n) is 18.5. The Bertz CT molecular complexity index is 489. The minimum absolute atomic E-state index is 0. The van der Waals surface area contributed by atoms with E-state index in [1.165, 1.54) is 64.2 Å². The number of nitrogens with zero attached hydrogens (tertiary/aromatic N) is 2. The molecule has 0 aromatic heterocycles. The van der Waals surface area contributed by atoms with Crippen molar-refractivity contribution in [3.63, 3.8) is 0 Å². The molecule has 0 amide bonds. The number of quaternary nitrogens is 1. The van der Waals surface area contributed by atoms with Crippen LogP contribution in [0.5, 0.6) is 0 Å². The Balaban J connectivity index is 0.00000729. The van der Waals surface area contributed by atoms with Crippen LogP contribution in [0.4, 0.5) is 0 Å². The molecule has 0 N–H and O–H groups in total. The fourth-order valence-electron chi connectivity index (χ4n) is 3.96. The standard InChI is InChI=1S/C22H45N2O2S.BrH/c1-4-6-7-8-9-10-11-12-13-14-15-16-22-27(25,26)23-17-20-24(3,19-5-2)21-18-23;/h5H,2,4,6-22H2,1,3H3;1H/q+1;/p-1. The fraction of sp³-hybridized carbons (Fsp3) is 0.909. The van der Waals surface area contributed by atoms with Gasteiger partial charge < -0.3 is 21.5 Å². The highest BCUT2D eigenvalue weighted by Crippen LogP contribution is 2.16. The van der Waals surface area contributed by atoms with Crippen molar-refractivity contribution in [2.45, 2.75) is 84.0 Å². The fourth-order valence-corrected chi connectivity index (χ4v) is 5.50. The maximum Gasteiger partial charge on any atom is 0.214 e. The average molecular weight is 482 g/mol. The third kappa shape index (κ3) is 11.9. The summed E-state index contributed by atoms with van der Waals surface area (Å²) in [6, 6.07) is 0. The van der Waals surface area contributed by atoms with Gasteiger partial charge in [0.1, 0.15) is 0 Å². The third-order valence-corrected chi connectivity index (χ3v) is 7.95. The van der Waals surface area contributed by atoms with Crippen LogP contribution in [-0.2, 0) is 10.0 Å². The summed E-state index contributed by atoms with van der Waals surface area (Å²) in [6.45, 7) is 10.1.